The largest absolute Gasteiger partial charge is 0.496 e. The van der Waals surface area contributed by atoms with Crippen LogP contribution in [0.5, 0.6) is 5.75 Å². The summed E-state index contributed by atoms with van der Waals surface area (Å²) in [5.74, 6) is -0.920. The van der Waals surface area contributed by atoms with E-state index < -0.39 is 21.7 Å². The molecule has 7 nitrogen and oxygen atoms in total. The fourth-order valence-electron chi connectivity index (χ4n) is 2.39. The maximum absolute atomic E-state index is 13.4. The molecule has 0 spiro atoms. The highest BCUT2D eigenvalue weighted by atomic mass is 32.2. The van der Waals surface area contributed by atoms with Gasteiger partial charge in [0.15, 0.2) is 0 Å². The number of hydrogen-bond donors (Lipinski definition) is 2. The third-order valence-electron chi connectivity index (χ3n) is 3.60. The van der Waals surface area contributed by atoms with E-state index in [4.69, 9.17) is 9.47 Å². The zero-order valence-corrected chi connectivity index (χ0v) is 16.0. The van der Waals surface area contributed by atoms with E-state index in [1.54, 1.807) is 6.92 Å². The van der Waals surface area contributed by atoms with E-state index in [9.17, 15) is 17.6 Å². The second-order valence-electron chi connectivity index (χ2n) is 5.80. The highest BCUT2D eigenvalue weighted by Gasteiger charge is 2.18. The quantitative estimate of drug-likeness (QED) is 0.715. The lowest BCUT2D eigenvalue weighted by molar-refractivity contribution is 0.102. The molecule has 1 amide bonds. The number of rotatable bonds is 8. The van der Waals surface area contributed by atoms with Crippen molar-refractivity contribution < 1.29 is 27.1 Å². The lowest BCUT2D eigenvalue weighted by Gasteiger charge is -2.14. The fraction of sp³-hybridized carbons (Fsp3) is 0.278. The van der Waals surface area contributed by atoms with Crippen LogP contribution < -0.4 is 14.8 Å². The molecule has 0 heterocycles. The smallest absolute Gasteiger partial charge is 0.259 e. The van der Waals surface area contributed by atoms with Gasteiger partial charge in [-0.25, -0.2) is 17.5 Å². The highest BCUT2D eigenvalue weighted by Crippen LogP contribution is 2.21. The second-order valence-corrected chi connectivity index (χ2v) is 7.51. The van der Waals surface area contributed by atoms with E-state index in [2.05, 4.69) is 10.0 Å². The van der Waals surface area contributed by atoms with Crippen LogP contribution in [0.3, 0.4) is 0 Å². The van der Waals surface area contributed by atoms with Gasteiger partial charge in [-0.2, -0.15) is 0 Å². The molecule has 1 atom stereocenters. The van der Waals surface area contributed by atoms with Crippen molar-refractivity contribution in [2.24, 2.45) is 0 Å². The van der Waals surface area contributed by atoms with Gasteiger partial charge in [-0.1, -0.05) is 0 Å². The Hall–Kier alpha value is -2.49. The molecule has 0 fully saturated rings. The van der Waals surface area contributed by atoms with Gasteiger partial charge in [0.2, 0.25) is 10.0 Å². The van der Waals surface area contributed by atoms with Crippen molar-refractivity contribution in [3.63, 3.8) is 0 Å². The molecule has 0 aromatic heterocycles. The van der Waals surface area contributed by atoms with Gasteiger partial charge in [0.25, 0.3) is 5.91 Å². The molecular formula is C18H21FN2O5S. The van der Waals surface area contributed by atoms with Crippen molar-refractivity contribution in [1.82, 2.24) is 4.72 Å². The molecule has 0 aliphatic heterocycles. The summed E-state index contributed by atoms with van der Waals surface area (Å²) in [6.45, 7) is 1.92. The summed E-state index contributed by atoms with van der Waals surface area (Å²) in [4.78, 5) is 12.4. The first-order chi connectivity index (χ1) is 12.8. The van der Waals surface area contributed by atoms with Crippen LogP contribution in [-0.4, -0.2) is 41.2 Å². The van der Waals surface area contributed by atoms with Crippen molar-refractivity contribution >= 4 is 21.6 Å². The van der Waals surface area contributed by atoms with Crippen molar-refractivity contribution in [2.45, 2.75) is 17.9 Å². The van der Waals surface area contributed by atoms with E-state index in [1.807, 2.05) is 0 Å². The number of ether oxygens (including phenoxy) is 2. The molecule has 0 saturated carbocycles. The summed E-state index contributed by atoms with van der Waals surface area (Å²) in [5, 5.41) is 2.58. The molecule has 2 aromatic carbocycles. The Bertz CT molecular complexity index is 900. The van der Waals surface area contributed by atoms with Crippen molar-refractivity contribution in [1.29, 1.82) is 0 Å². The van der Waals surface area contributed by atoms with E-state index in [1.165, 1.54) is 50.6 Å². The first-order valence-corrected chi connectivity index (χ1v) is 9.51. The molecule has 2 N–H and O–H groups in total. The van der Waals surface area contributed by atoms with Crippen LogP contribution in [0.25, 0.3) is 0 Å². The molecule has 0 radical (unpaired) electrons. The normalized spacial score (nSPS) is 12.4. The zero-order valence-electron chi connectivity index (χ0n) is 15.2. The Morgan fingerprint density at radius 3 is 2.41 bits per heavy atom. The lowest BCUT2D eigenvalue weighted by atomic mass is 10.1. The topological polar surface area (TPSA) is 93.7 Å². The monoisotopic (exact) mass is 396 g/mol. The summed E-state index contributed by atoms with van der Waals surface area (Å²) in [6, 6.07) is 8.83. The van der Waals surface area contributed by atoms with Gasteiger partial charge < -0.3 is 14.8 Å². The second kappa shape index (κ2) is 8.94. The molecule has 2 rings (SSSR count). The summed E-state index contributed by atoms with van der Waals surface area (Å²) in [5.41, 5.74) is 0.388. The van der Waals surface area contributed by atoms with Crippen molar-refractivity contribution in [2.75, 3.05) is 26.1 Å². The average Bonchev–Trinajstić information content (AvgIpc) is 2.61. The Morgan fingerprint density at radius 2 is 1.81 bits per heavy atom. The average molecular weight is 396 g/mol. The number of carbonyl (C=O) groups is 1. The number of hydrogen-bond acceptors (Lipinski definition) is 5. The van der Waals surface area contributed by atoms with Gasteiger partial charge in [0.1, 0.15) is 11.6 Å². The Morgan fingerprint density at radius 1 is 1.15 bits per heavy atom. The third-order valence-corrected chi connectivity index (χ3v) is 5.21. The minimum absolute atomic E-state index is 0.0317. The summed E-state index contributed by atoms with van der Waals surface area (Å²) >= 11 is 0. The number of carbonyl (C=O) groups excluding carboxylic acids is 1. The van der Waals surface area contributed by atoms with Gasteiger partial charge in [0, 0.05) is 18.8 Å². The maximum atomic E-state index is 13.4. The predicted molar refractivity (Wildman–Crippen MR) is 99.0 cm³/mol. The number of amides is 1. The van der Waals surface area contributed by atoms with E-state index in [0.717, 1.165) is 6.07 Å². The molecule has 0 bridgehead atoms. The number of sulfonamides is 1. The molecule has 9 heteroatoms. The van der Waals surface area contributed by atoms with Crippen LogP contribution in [0.2, 0.25) is 0 Å². The van der Waals surface area contributed by atoms with Crippen LogP contribution >= 0.6 is 0 Å². The summed E-state index contributed by atoms with van der Waals surface area (Å²) in [7, 11) is -0.849. The Kier molecular flexibility index (Phi) is 6.89. The van der Waals surface area contributed by atoms with Crippen molar-refractivity contribution in [3.05, 3.63) is 53.8 Å². The summed E-state index contributed by atoms with van der Waals surface area (Å²) in [6.07, 6.45) is 0. The van der Waals surface area contributed by atoms with Crippen LogP contribution in [0.4, 0.5) is 10.1 Å². The maximum Gasteiger partial charge on any atom is 0.259 e. The van der Waals surface area contributed by atoms with E-state index in [0.29, 0.717) is 5.69 Å². The molecule has 2 aromatic rings. The number of benzene rings is 2. The van der Waals surface area contributed by atoms with Gasteiger partial charge >= 0.3 is 0 Å². The van der Waals surface area contributed by atoms with E-state index >= 15 is 0 Å². The minimum Gasteiger partial charge on any atom is -0.496 e. The number of nitrogens with one attached hydrogen (secondary N) is 2. The molecule has 0 saturated heterocycles. The molecule has 27 heavy (non-hydrogen) atoms. The number of methoxy groups -OCH3 is 2. The summed E-state index contributed by atoms with van der Waals surface area (Å²) < 4.78 is 50.4. The Balaban J connectivity index is 2.14. The molecular weight excluding hydrogens is 375 g/mol. The van der Waals surface area contributed by atoms with Crippen LogP contribution in [0.1, 0.15) is 17.3 Å². The zero-order chi connectivity index (χ0) is 20.0. The lowest BCUT2D eigenvalue weighted by Crippen LogP contribution is -2.35. The Labute approximate surface area is 157 Å². The van der Waals surface area contributed by atoms with Crippen molar-refractivity contribution in [3.8, 4) is 5.75 Å². The minimum atomic E-state index is -3.71. The van der Waals surface area contributed by atoms with Gasteiger partial charge in [-0.15, -0.1) is 0 Å². The van der Waals surface area contributed by atoms with Gasteiger partial charge in [-0.05, 0) is 49.4 Å². The SMILES string of the molecule is COC[C@@H](C)NS(=O)(=O)c1ccc(NC(=O)c2cc(F)ccc2OC)cc1. The highest BCUT2D eigenvalue weighted by molar-refractivity contribution is 7.89. The molecule has 0 aliphatic rings. The van der Waals surface area contributed by atoms with Crippen LogP contribution in [0, 0.1) is 5.82 Å². The number of halogens is 1. The first kappa shape index (κ1) is 20.8. The van der Waals surface area contributed by atoms with Gasteiger partial charge in [0.05, 0.1) is 24.2 Å². The fourth-order valence-corrected chi connectivity index (χ4v) is 3.62. The van der Waals surface area contributed by atoms with Crippen LogP contribution in [0.15, 0.2) is 47.4 Å². The predicted octanol–water partition coefficient (Wildman–Crippen LogP) is 2.40. The number of anilines is 1. The van der Waals surface area contributed by atoms with Gasteiger partial charge in [-0.3, -0.25) is 4.79 Å². The standard InChI is InChI=1S/C18H21FN2O5S/c1-12(11-25-2)21-27(23,24)15-7-5-14(6-8-15)20-18(22)16-10-13(19)4-9-17(16)26-3/h4-10,12,21H,11H2,1-3H3,(H,20,22)/t12-/m1/s1. The molecule has 146 valence electrons. The van der Waals surface area contributed by atoms with E-state index in [-0.39, 0.29) is 28.9 Å². The first-order valence-electron chi connectivity index (χ1n) is 8.03. The molecule has 0 unspecified atom stereocenters. The molecule has 0 aliphatic carbocycles. The van der Waals surface area contributed by atoms with Crippen LogP contribution in [-0.2, 0) is 14.8 Å². The third kappa shape index (κ3) is 5.49.